The van der Waals surface area contributed by atoms with Crippen LogP contribution in [-0.4, -0.2) is 0 Å². The van der Waals surface area contributed by atoms with Gasteiger partial charge in [0.15, 0.2) is 0 Å². The Labute approximate surface area is 132 Å². The molecule has 116 valence electrons. The summed E-state index contributed by atoms with van der Waals surface area (Å²) in [6.07, 6.45) is 5.89. The summed E-state index contributed by atoms with van der Waals surface area (Å²) in [5.74, 6) is 2.10. The van der Waals surface area contributed by atoms with Gasteiger partial charge in [-0.05, 0) is 49.3 Å². The molecule has 0 aliphatic heterocycles. The van der Waals surface area contributed by atoms with Crippen LogP contribution in [0.2, 0.25) is 0 Å². The second kappa shape index (κ2) is 8.87. The molecule has 1 atom stereocenters. The van der Waals surface area contributed by atoms with Crippen molar-refractivity contribution in [3.63, 3.8) is 0 Å². The molecule has 0 aromatic heterocycles. The Kier molecular flexibility index (Phi) is 7.50. The van der Waals surface area contributed by atoms with E-state index in [9.17, 15) is 0 Å². The van der Waals surface area contributed by atoms with Gasteiger partial charge in [0.05, 0.1) is 0 Å². The second-order valence-electron chi connectivity index (χ2n) is 6.55. The smallest absolute Gasteiger partial charge is 0.0187 e. The number of rotatable bonds is 4. The third-order valence-corrected chi connectivity index (χ3v) is 4.92. The van der Waals surface area contributed by atoms with E-state index in [4.69, 9.17) is 0 Å². The molecule has 1 fully saturated rings. The zero-order valence-electron chi connectivity index (χ0n) is 14.6. The molecule has 0 nitrogen and oxygen atoms in total. The first-order valence-corrected chi connectivity index (χ1v) is 8.36. The van der Waals surface area contributed by atoms with Gasteiger partial charge in [0.1, 0.15) is 0 Å². The van der Waals surface area contributed by atoms with Gasteiger partial charge >= 0.3 is 0 Å². The number of hydrogen-bond donors (Lipinski definition) is 0. The van der Waals surface area contributed by atoms with E-state index in [1.54, 1.807) is 0 Å². The van der Waals surface area contributed by atoms with Gasteiger partial charge < -0.3 is 0 Å². The van der Waals surface area contributed by atoms with Gasteiger partial charge in [-0.1, -0.05) is 82.0 Å². The zero-order valence-corrected chi connectivity index (χ0v) is 14.6. The Morgan fingerprint density at radius 3 is 2.05 bits per heavy atom. The van der Waals surface area contributed by atoms with E-state index in [2.05, 4.69) is 53.3 Å². The molecule has 0 N–H and O–H groups in total. The Morgan fingerprint density at radius 1 is 1.14 bits per heavy atom. The SMILES string of the molecule is C=C(C(C)=C(C)C)c1ccccc1.CCC(C)C1CCC1. The molecule has 1 aliphatic carbocycles. The van der Waals surface area contributed by atoms with Gasteiger partial charge in [0.25, 0.3) is 0 Å². The van der Waals surface area contributed by atoms with Crippen molar-refractivity contribution >= 4 is 5.57 Å². The normalized spacial score (nSPS) is 15.3. The molecule has 1 unspecified atom stereocenters. The standard InChI is InChI=1S/C13H16.C8H16/c1-10(2)11(3)12(4)13-8-6-5-7-9-13;1-3-7(2)8-5-4-6-8/h5-9H,4H2,1-3H3;7-8H,3-6H2,1-2H3. The van der Waals surface area contributed by atoms with Crippen molar-refractivity contribution in [3.8, 4) is 0 Å². The monoisotopic (exact) mass is 284 g/mol. The summed E-state index contributed by atoms with van der Waals surface area (Å²) in [6, 6.07) is 10.3. The molecule has 0 amide bonds. The predicted octanol–water partition coefficient (Wildman–Crippen LogP) is 6.89. The molecule has 21 heavy (non-hydrogen) atoms. The van der Waals surface area contributed by atoms with Crippen LogP contribution in [0, 0.1) is 11.8 Å². The largest absolute Gasteiger partial charge is 0.0909 e. The third kappa shape index (κ3) is 5.53. The fourth-order valence-electron chi connectivity index (χ4n) is 2.50. The molecule has 1 saturated carbocycles. The summed E-state index contributed by atoms with van der Waals surface area (Å²) in [5.41, 5.74) is 4.95. The number of allylic oxidation sites excluding steroid dienone is 3. The van der Waals surface area contributed by atoms with Gasteiger partial charge in [-0.3, -0.25) is 0 Å². The van der Waals surface area contributed by atoms with Crippen LogP contribution in [0.3, 0.4) is 0 Å². The van der Waals surface area contributed by atoms with Crippen LogP contribution in [0.5, 0.6) is 0 Å². The minimum Gasteiger partial charge on any atom is -0.0909 e. The highest BCUT2D eigenvalue weighted by Crippen LogP contribution is 2.34. The molecule has 1 aromatic rings. The second-order valence-corrected chi connectivity index (χ2v) is 6.55. The molecule has 1 aromatic carbocycles. The molecule has 2 rings (SSSR count). The van der Waals surface area contributed by atoms with E-state index in [-0.39, 0.29) is 0 Å². The fourth-order valence-corrected chi connectivity index (χ4v) is 2.50. The lowest BCUT2D eigenvalue weighted by Crippen LogP contribution is -2.18. The Hall–Kier alpha value is -1.30. The topological polar surface area (TPSA) is 0 Å². The zero-order chi connectivity index (χ0) is 15.8. The molecule has 0 heterocycles. The van der Waals surface area contributed by atoms with Gasteiger partial charge in [-0.2, -0.15) is 0 Å². The van der Waals surface area contributed by atoms with Crippen molar-refractivity contribution in [2.24, 2.45) is 11.8 Å². The van der Waals surface area contributed by atoms with Crippen LogP contribution in [0.15, 0.2) is 48.1 Å². The number of benzene rings is 1. The lowest BCUT2D eigenvalue weighted by Gasteiger charge is -2.30. The van der Waals surface area contributed by atoms with Crippen molar-refractivity contribution in [3.05, 3.63) is 53.6 Å². The predicted molar refractivity (Wildman–Crippen MR) is 96.3 cm³/mol. The maximum atomic E-state index is 4.09. The maximum Gasteiger partial charge on any atom is -0.0187 e. The molecule has 0 radical (unpaired) electrons. The van der Waals surface area contributed by atoms with Crippen LogP contribution in [0.1, 0.15) is 65.9 Å². The molecular formula is C21H32. The highest BCUT2D eigenvalue weighted by atomic mass is 14.3. The lowest BCUT2D eigenvalue weighted by molar-refractivity contribution is 0.215. The van der Waals surface area contributed by atoms with Crippen molar-refractivity contribution in [2.75, 3.05) is 0 Å². The van der Waals surface area contributed by atoms with Gasteiger partial charge in [0.2, 0.25) is 0 Å². The van der Waals surface area contributed by atoms with E-state index in [0.29, 0.717) is 0 Å². The van der Waals surface area contributed by atoms with E-state index in [1.165, 1.54) is 42.4 Å². The van der Waals surface area contributed by atoms with Crippen molar-refractivity contribution in [2.45, 2.75) is 60.3 Å². The molecular weight excluding hydrogens is 252 g/mol. The van der Waals surface area contributed by atoms with E-state index >= 15 is 0 Å². The maximum absolute atomic E-state index is 4.09. The van der Waals surface area contributed by atoms with E-state index in [0.717, 1.165) is 17.4 Å². The average Bonchev–Trinajstić information content (AvgIpc) is 2.45. The van der Waals surface area contributed by atoms with Gasteiger partial charge in [-0.15, -0.1) is 0 Å². The molecule has 0 bridgehead atoms. The van der Waals surface area contributed by atoms with Crippen LogP contribution in [0.4, 0.5) is 0 Å². The third-order valence-electron chi connectivity index (χ3n) is 4.92. The average molecular weight is 284 g/mol. The van der Waals surface area contributed by atoms with Crippen LogP contribution in [-0.2, 0) is 0 Å². The van der Waals surface area contributed by atoms with Crippen molar-refractivity contribution < 1.29 is 0 Å². The Bertz CT molecular complexity index is 453. The summed E-state index contributed by atoms with van der Waals surface area (Å²) in [6.45, 7) is 15.1. The van der Waals surface area contributed by atoms with E-state index in [1.807, 2.05) is 18.2 Å². The first-order valence-electron chi connectivity index (χ1n) is 8.36. The summed E-state index contributed by atoms with van der Waals surface area (Å²) in [7, 11) is 0. The minimum atomic E-state index is 1.00. The van der Waals surface area contributed by atoms with Crippen molar-refractivity contribution in [1.29, 1.82) is 0 Å². The van der Waals surface area contributed by atoms with Crippen LogP contribution >= 0.6 is 0 Å². The molecule has 0 spiro atoms. The van der Waals surface area contributed by atoms with Crippen LogP contribution in [0.25, 0.3) is 5.57 Å². The minimum absolute atomic E-state index is 1.00. The summed E-state index contributed by atoms with van der Waals surface area (Å²) in [4.78, 5) is 0. The van der Waals surface area contributed by atoms with E-state index < -0.39 is 0 Å². The highest BCUT2D eigenvalue weighted by molar-refractivity contribution is 5.77. The first-order chi connectivity index (χ1) is 9.97. The quantitative estimate of drug-likeness (QED) is 0.528. The van der Waals surface area contributed by atoms with Crippen LogP contribution < -0.4 is 0 Å². The highest BCUT2D eigenvalue weighted by Gasteiger charge is 2.21. The Balaban J connectivity index is 0.000000235. The summed E-state index contributed by atoms with van der Waals surface area (Å²) in [5, 5.41) is 0. The fraction of sp³-hybridized carbons (Fsp3) is 0.524. The summed E-state index contributed by atoms with van der Waals surface area (Å²) < 4.78 is 0. The molecule has 0 heteroatoms. The van der Waals surface area contributed by atoms with Gasteiger partial charge in [-0.25, -0.2) is 0 Å². The van der Waals surface area contributed by atoms with Gasteiger partial charge in [0, 0.05) is 0 Å². The molecule has 1 aliphatic rings. The first kappa shape index (κ1) is 17.8. The molecule has 0 saturated heterocycles. The van der Waals surface area contributed by atoms with Crippen molar-refractivity contribution in [1.82, 2.24) is 0 Å². The lowest BCUT2D eigenvalue weighted by atomic mass is 9.76. The number of hydrogen-bond acceptors (Lipinski definition) is 0. The summed E-state index contributed by atoms with van der Waals surface area (Å²) >= 11 is 0. The Morgan fingerprint density at radius 2 is 1.71 bits per heavy atom.